The van der Waals surface area contributed by atoms with Crippen molar-refractivity contribution in [3.8, 4) is 0 Å². The van der Waals surface area contributed by atoms with Crippen LogP contribution in [0.1, 0.15) is 13.3 Å². The first-order valence-corrected chi connectivity index (χ1v) is 2.21. The van der Waals surface area contributed by atoms with Gasteiger partial charge in [0.1, 0.15) is 0 Å². The molecule has 2 N–H and O–H groups in total. The summed E-state index contributed by atoms with van der Waals surface area (Å²) in [5.74, 6) is -0.282. The predicted octanol–water partition coefficient (Wildman–Crippen LogP) is -0.392. The topological polar surface area (TPSA) is 55.6 Å². The Hall–Kier alpha value is -0.570. The van der Waals surface area contributed by atoms with Crippen LogP contribution in [0.3, 0.4) is 0 Å². The Bertz CT molecular complexity index is 112. The van der Waals surface area contributed by atoms with Crippen LogP contribution in [-0.4, -0.2) is 11.7 Å². The second kappa shape index (κ2) is 0.980. The zero-order valence-corrected chi connectivity index (χ0v) is 4.10. The number of hydrogen-bond donors (Lipinski definition) is 1. The molecule has 1 heterocycles. The molecule has 0 bridgehead atoms. The Morgan fingerprint density at radius 2 is 2.43 bits per heavy atom. The van der Waals surface area contributed by atoms with Crippen LogP contribution in [0.5, 0.6) is 0 Å². The van der Waals surface area contributed by atoms with Crippen LogP contribution < -0.4 is 5.73 Å². The molecule has 0 aromatic rings. The van der Waals surface area contributed by atoms with E-state index in [1.165, 1.54) is 0 Å². The lowest BCUT2D eigenvalue weighted by Gasteiger charge is -1.88. The van der Waals surface area contributed by atoms with E-state index in [0.717, 1.165) is 0 Å². The molecule has 0 aromatic heterocycles. The number of rotatable bonds is 1. The molecule has 0 spiro atoms. The number of carbonyl (C=O) groups is 1. The summed E-state index contributed by atoms with van der Waals surface area (Å²) in [5, 5.41) is 0. The summed E-state index contributed by atoms with van der Waals surface area (Å²) in [5.41, 5.74) is 4.33. The van der Waals surface area contributed by atoms with Crippen LogP contribution in [-0.2, 0) is 9.53 Å². The number of nitrogens with two attached hydrogens (primary N) is 1. The monoisotopic (exact) mass is 101 g/mol. The Labute approximate surface area is 41.4 Å². The Morgan fingerprint density at radius 3 is 2.43 bits per heavy atom. The van der Waals surface area contributed by atoms with Gasteiger partial charge in [-0.3, -0.25) is 5.73 Å². The third kappa shape index (κ3) is 0.489. The van der Waals surface area contributed by atoms with E-state index in [-0.39, 0.29) is 5.97 Å². The van der Waals surface area contributed by atoms with Gasteiger partial charge in [0.05, 0.1) is 0 Å². The molecule has 3 heteroatoms. The van der Waals surface area contributed by atoms with Crippen molar-refractivity contribution in [2.45, 2.75) is 19.1 Å². The molecule has 1 aliphatic rings. The Balaban J connectivity index is 2.52. The Kier molecular flexibility index (Phi) is 0.642. The fraction of sp³-hybridized carbons (Fsp3) is 0.750. The van der Waals surface area contributed by atoms with E-state index in [0.29, 0.717) is 6.42 Å². The summed E-state index contributed by atoms with van der Waals surface area (Å²) in [6, 6.07) is 0. The normalized spacial score (nSPS) is 37.7. The molecule has 1 aliphatic heterocycles. The summed E-state index contributed by atoms with van der Waals surface area (Å²) < 4.78 is 4.39. The number of carbonyl (C=O) groups excluding carboxylic acids is 1. The maximum atomic E-state index is 10.1. The number of cyclic esters (lactones) is 1. The first-order chi connectivity index (χ1) is 3.19. The molecule has 0 saturated carbocycles. The van der Waals surface area contributed by atoms with E-state index >= 15 is 0 Å². The quantitative estimate of drug-likeness (QED) is 0.457. The molecule has 1 rings (SSSR count). The van der Waals surface area contributed by atoms with Crippen molar-refractivity contribution >= 4 is 5.97 Å². The highest BCUT2D eigenvalue weighted by molar-refractivity contribution is 5.91. The highest BCUT2D eigenvalue weighted by Gasteiger charge is 2.52. The second-order valence-corrected chi connectivity index (χ2v) is 1.63. The molecule has 40 valence electrons. The minimum Gasteiger partial charge on any atom is -0.428 e. The van der Waals surface area contributed by atoms with Crippen molar-refractivity contribution in [1.29, 1.82) is 0 Å². The maximum absolute atomic E-state index is 10.1. The van der Waals surface area contributed by atoms with Gasteiger partial charge >= 0.3 is 5.97 Å². The van der Waals surface area contributed by atoms with Gasteiger partial charge in [-0.05, 0) is 0 Å². The van der Waals surface area contributed by atoms with Crippen molar-refractivity contribution < 1.29 is 9.53 Å². The van der Waals surface area contributed by atoms with Gasteiger partial charge in [0, 0.05) is 6.42 Å². The largest absolute Gasteiger partial charge is 0.428 e. The van der Waals surface area contributed by atoms with Gasteiger partial charge < -0.3 is 4.74 Å². The van der Waals surface area contributed by atoms with E-state index < -0.39 is 5.72 Å². The zero-order chi connectivity index (χ0) is 5.49. The van der Waals surface area contributed by atoms with E-state index in [1.807, 2.05) is 6.92 Å². The van der Waals surface area contributed by atoms with Crippen LogP contribution >= 0.6 is 0 Å². The first-order valence-electron chi connectivity index (χ1n) is 2.21. The summed E-state index contributed by atoms with van der Waals surface area (Å²) in [7, 11) is 0. The first kappa shape index (κ1) is 4.59. The summed E-state index contributed by atoms with van der Waals surface area (Å²) in [6.45, 7) is 1.81. The van der Waals surface area contributed by atoms with Crippen molar-refractivity contribution in [3.05, 3.63) is 0 Å². The molecule has 0 radical (unpaired) electrons. The second-order valence-electron chi connectivity index (χ2n) is 1.63. The van der Waals surface area contributed by atoms with Crippen molar-refractivity contribution in [3.63, 3.8) is 0 Å². The molecule has 0 amide bonds. The average molecular weight is 101 g/mol. The fourth-order valence-corrected chi connectivity index (χ4v) is 0.356. The predicted molar refractivity (Wildman–Crippen MR) is 23.3 cm³/mol. The Morgan fingerprint density at radius 1 is 2.00 bits per heavy atom. The lowest BCUT2D eigenvalue weighted by Crippen LogP contribution is -2.23. The molecule has 1 fully saturated rings. The maximum Gasteiger partial charge on any atom is 0.368 e. The molecule has 0 aliphatic carbocycles. The van der Waals surface area contributed by atoms with Gasteiger partial charge in [-0.1, -0.05) is 6.92 Å². The van der Waals surface area contributed by atoms with Gasteiger partial charge in [0.15, 0.2) is 0 Å². The van der Waals surface area contributed by atoms with Gasteiger partial charge in [-0.25, -0.2) is 4.79 Å². The summed E-state index contributed by atoms with van der Waals surface area (Å²) in [4.78, 5) is 10.1. The van der Waals surface area contributed by atoms with Gasteiger partial charge in [0.25, 0.3) is 5.72 Å². The molecule has 1 unspecified atom stereocenters. The van der Waals surface area contributed by atoms with Crippen LogP contribution in [0, 0.1) is 0 Å². The third-order valence-corrected chi connectivity index (χ3v) is 1.10. The van der Waals surface area contributed by atoms with Crippen molar-refractivity contribution in [1.82, 2.24) is 0 Å². The minimum absolute atomic E-state index is 0.282. The SMILES string of the molecule is CCC1(N)OC1=O. The fourth-order valence-electron chi connectivity index (χ4n) is 0.356. The van der Waals surface area contributed by atoms with E-state index in [1.54, 1.807) is 0 Å². The van der Waals surface area contributed by atoms with Crippen LogP contribution in [0.25, 0.3) is 0 Å². The molecule has 1 atom stereocenters. The van der Waals surface area contributed by atoms with E-state index in [4.69, 9.17) is 5.73 Å². The number of hydrogen-bond acceptors (Lipinski definition) is 3. The van der Waals surface area contributed by atoms with Crippen molar-refractivity contribution in [2.75, 3.05) is 0 Å². The lowest BCUT2D eigenvalue weighted by atomic mass is 10.3. The minimum atomic E-state index is -0.889. The molecule has 1 saturated heterocycles. The van der Waals surface area contributed by atoms with Gasteiger partial charge in [-0.15, -0.1) is 0 Å². The van der Waals surface area contributed by atoms with Crippen LogP contribution in [0.15, 0.2) is 0 Å². The van der Waals surface area contributed by atoms with E-state index in [2.05, 4.69) is 4.74 Å². The number of epoxide rings is 1. The smallest absolute Gasteiger partial charge is 0.368 e. The summed E-state index contributed by atoms with van der Waals surface area (Å²) in [6.07, 6.45) is 0.575. The summed E-state index contributed by atoms with van der Waals surface area (Å²) >= 11 is 0. The van der Waals surface area contributed by atoms with Crippen molar-refractivity contribution in [2.24, 2.45) is 5.73 Å². The molecule has 7 heavy (non-hydrogen) atoms. The molecular formula is C4H7NO2. The lowest BCUT2D eigenvalue weighted by molar-refractivity contribution is -0.117. The highest BCUT2D eigenvalue weighted by Crippen LogP contribution is 2.24. The van der Waals surface area contributed by atoms with E-state index in [9.17, 15) is 4.79 Å². The number of ether oxygens (including phenoxy) is 1. The highest BCUT2D eigenvalue weighted by atomic mass is 16.7. The standard InChI is InChI=1S/C4H7NO2/c1-2-4(5)3(6)7-4/h2,5H2,1H3. The average Bonchev–Trinajstić information content (AvgIpc) is 2.18. The third-order valence-electron chi connectivity index (χ3n) is 1.10. The van der Waals surface area contributed by atoms with Gasteiger partial charge in [0.2, 0.25) is 0 Å². The zero-order valence-electron chi connectivity index (χ0n) is 4.10. The molecule has 3 nitrogen and oxygen atoms in total. The molecular weight excluding hydrogens is 94.0 g/mol. The van der Waals surface area contributed by atoms with Gasteiger partial charge in [-0.2, -0.15) is 0 Å². The van der Waals surface area contributed by atoms with Crippen LogP contribution in [0.4, 0.5) is 0 Å². The molecule has 0 aromatic carbocycles. The van der Waals surface area contributed by atoms with Crippen LogP contribution in [0.2, 0.25) is 0 Å².